The van der Waals surface area contributed by atoms with Gasteiger partial charge in [-0.05, 0) is 69.9 Å². The zero-order valence-corrected chi connectivity index (χ0v) is 20.6. The molecule has 0 saturated heterocycles. The summed E-state index contributed by atoms with van der Waals surface area (Å²) in [5.74, 6) is -0.328. The van der Waals surface area contributed by atoms with Gasteiger partial charge in [0.1, 0.15) is 11.1 Å². The van der Waals surface area contributed by atoms with Crippen molar-refractivity contribution >= 4 is 11.8 Å². The van der Waals surface area contributed by atoms with Gasteiger partial charge in [0.2, 0.25) is 5.91 Å². The predicted molar refractivity (Wildman–Crippen MR) is 129 cm³/mol. The Kier molecular flexibility index (Phi) is 8.74. The van der Waals surface area contributed by atoms with Crippen LogP contribution >= 0.6 is 0 Å². The zero-order valence-electron chi connectivity index (χ0n) is 20.6. The van der Waals surface area contributed by atoms with E-state index >= 15 is 0 Å². The number of amides is 2. The van der Waals surface area contributed by atoms with E-state index in [2.05, 4.69) is 5.32 Å². The van der Waals surface area contributed by atoms with E-state index in [4.69, 9.17) is 5.11 Å². The molecule has 0 spiro atoms. The van der Waals surface area contributed by atoms with E-state index in [0.29, 0.717) is 12.5 Å². The second-order valence-corrected chi connectivity index (χ2v) is 10.4. The van der Waals surface area contributed by atoms with E-state index in [0.717, 1.165) is 49.8 Å². The molecule has 1 aromatic rings. The summed E-state index contributed by atoms with van der Waals surface area (Å²) in [6.07, 6.45) is 12.2. The summed E-state index contributed by atoms with van der Waals surface area (Å²) in [5.41, 5.74) is 0.933. The molecule has 2 aliphatic carbocycles. The Morgan fingerprint density at radius 3 is 2.39 bits per heavy atom. The van der Waals surface area contributed by atoms with Gasteiger partial charge in [-0.3, -0.25) is 14.4 Å². The van der Waals surface area contributed by atoms with Gasteiger partial charge in [0, 0.05) is 25.8 Å². The van der Waals surface area contributed by atoms with Gasteiger partial charge in [0.15, 0.2) is 0 Å². The molecule has 2 aliphatic rings. The summed E-state index contributed by atoms with van der Waals surface area (Å²) in [7, 11) is 1.59. The third kappa shape index (κ3) is 6.25. The molecule has 0 atom stereocenters. The van der Waals surface area contributed by atoms with Crippen LogP contribution in [0, 0.1) is 5.92 Å². The molecule has 33 heavy (non-hydrogen) atoms. The Morgan fingerprint density at radius 1 is 1.09 bits per heavy atom. The third-order valence-corrected chi connectivity index (χ3v) is 7.25. The van der Waals surface area contributed by atoms with Crippen LogP contribution in [0.5, 0.6) is 0 Å². The largest absolute Gasteiger partial charge is 0.395 e. The van der Waals surface area contributed by atoms with Crippen molar-refractivity contribution in [3.8, 4) is 0 Å². The average Bonchev–Trinajstić information content (AvgIpc) is 2.76. The average molecular weight is 460 g/mol. The lowest BCUT2D eigenvalue weighted by atomic mass is 9.88. The highest BCUT2D eigenvalue weighted by molar-refractivity contribution is 5.98. The minimum Gasteiger partial charge on any atom is -0.395 e. The lowest BCUT2D eigenvalue weighted by molar-refractivity contribution is -0.135. The van der Waals surface area contributed by atoms with Crippen LogP contribution in [0.2, 0.25) is 0 Å². The monoisotopic (exact) mass is 459 g/mol. The van der Waals surface area contributed by atoms with Crippen LogP contribution < -0.4 is 10.9 Å². The molecule has 0 aliphatic heterocycles. The van der Waals surface area contributed by atoms with E-state index < -0.39 is 11.4 Å². The number of pyridine rings is 1. The maximum absolute atomic E-state index is 13.6. The van der Waals surface area contributed by atoms with Gasteiger partial charge in [-0.1, -0.05) is 32.1 Å². The number of hydrogen-bond donors (Lipinski definition) is 2. The fourth-order valence-electron chi connectivity index (χ4n) is 5.35. The van der Waals surface area contributed by atoms with Crippen LogP contribution in [-0.4, -0.2) is 52.1 Å². The summed E-state index contributed by atoms with van der Waals surface area (Å²) in [6, 6.07) is 1.79. The summed E-state index contributed by atoms with van der Waals surface area (Å²) in [4.78, 5) is 41.1. The molecular formula is C26H41N3O4. The molecule has 0 unspecified atom stereocenters. The molecule has 1 saturated carbocycles. The van der Waals surface area contributed by atoms with E-state index in [9.17, 15) is 14.4 Å². The van der Waals surface area contributed by atoms with E-state index in [1.54, 1.807) is 27.0 Å². The maximum Gasteiger partial charge on any atom is 0.263 e. The molecule has 1 aromatic heterocycles. The Bertz CT molecular complexity index is 900. The van der Waals surface area contributed by atoms with Crippen molar-refractivity contribution in [3.63, 3.8) is 0 Å². The fraction of sp³-hybridized carbons (Fsp3) is 0.731. The van der Waals surface area contributed by atoms with Gasteiger partial charge in [-0.15, -0.1) is 0 Å². The van der Waals surface area contributed by atoms with Crippen molar-refractivity contribution in [2.75, 3.05) is 20.2 Å². The van der Waals surface area contributed by atoms with Gasteiger partial charge >= 0.3 is 0 Å². The van der Waals surface area contributed by atoms with E-state index in [1.807, 2.05) is 4.57 Å². The first-order chi connectivity index (χ1) is 15.7. The van der Waals surface area contributed by atoms with Crippen molar-refractivity contribution in [3.05, 3.63) is 33.2 Å². The number of nitrogens with zero attached hydrogens (tertiary/aromatic N) is 2. The quantitative estimate of drug-likeness (QED) is 0.656. The number of aliphatic hydroxyl groups excluding tert-OH is 1. The van der Waals surface area contributed by atoms with Crippen molar-refractivity contribution < 1.29 is 14.7 Å². The number of aryl methyl sites for hydroxylation is 1. The first-order valence-corrected chi connectivity index (χ1v) is 12.7. The Balaban J connectivity index is 1.94. The van der Waals surface area contributed by atoms with E-state index in [1.165, 1.54) is 37.0 Å². The van der Waals surface area contributed by atoms with Crippen molar-refractivity contribution in [1.29, 1.82) is 0 Å². The fourth-order valence-corrected chi connectivity index (χ4v) is 5.35. The standard InChI is InChI=1S/C26H41N3O4/c1-26(2,25(33)28(3)15-16-30)27-23(31)21-17-20-13-9-4-5-10-14-22(20)29(24(21)32)18-19-11-7-6-8-12-19/h17,19,30H,4-16,18H2,1-3H3,(H,27,31). The van der Waals surface area contributed by atoms with Crippen LogP contribution in [0.1, 0.15) is 93.3 Å². The summed E-state index contributed by atoms with van der Waals surface area (Å²) >= 11 is 0. The summed E-state index contributed by atoms with van der Waals surface area (Å²) in [5, 5.41) is 11.9. The molecule has 7 nitrogen and oxygen atoms in total. The molecule has 0 aromatic carbocycles. The number of fused-ring (bicyclic) bond motifs is 1. The number of rotatable bonds is 7. The lowest BCUT2D eigenvalue weighted by Gasteiger charge is -2.30. The molecular weight excluding hydrogens is 418 g/mol. The molecule has 0 radical (unpaired) electrons. The van der Waals surface area contributed by atoms with Crippen LogP contribution in [0.4, 0.5) is 0 Å². The smallest absolute Gasteiger partial charge is 0.263 e. The number of hydrogen-bond acceptors (Lipinski definition) is 4. The minimum absolute atomic E-state index is 0.135. The van der Waals surface area contributed by atoms with Crippen LogP contribution in [-0.2, 0) is 24.2 Å². The second kappa shape index (κ2) is 11.3. The van der Waals surface area contributed by atoms with Crippen molar-refractivity contribution in [1.82, 2.24) is 14.8 Å². The van der Waals surface area contributed by atoms with Crippen LogP contribution in [0.3, 0.4) is 0 Å². The molecule has 7 heteroatoms. The number of carbonyl (C=O) groups excluding carboxylic acids is 2. The van der Waals surface area contributed by atoms with Crippen molar-refractivity contribution in [2.45, 2.75) is 96.6 Å². The molecule has 184 valence electrons. The first-order valence-electron chi connectivity index (χ1n) is 12.7. The highest BCUT2D eigenvalue weighted by Gasteiger charge is 2.33. The van der Waals surface area contributed by atoms with E-state index in [-0.39, 0.29) is 30.2 Å². The lowest BCUT2D eigenvalue weighted by Crippen LogP contribution is -2.56. The highest BCUT2D eigenvalue weighted by atomic mass is 16.3. The van der Waals surface area contributed by atoms with Crippen LogP contribution in [0.25, 0.3) is 0 Å². The Hall–Kier alpha value is -2.15. The van der Waals surface area contributed by atoms with Gasteiger partial charge in [-0.25, -0.2) is 0 Å². The number of carbonyl (C=O) groups is 2. The SMILES string of the molecule is CN(CCO)C(=O)C(C)(C)NC(=O)c1cc2c(n(CC3CCCCC3)c1=O)CCCCCC2. The van der Waals surface area contributed by atoms with Gasteiger partial charge < -0.3 is 19.9 Å². The van der Waals surface area contributed by atoms with Gasteiger partial charge in [-0.2, -0.15) is 0 Å². The molecule has 3 rings (SSSR count). The Labute approximate surface area is 197 Å². The van der Waals surface area contributed by atoms with Gasteiger partial charge in [0.05, 0.1) is 6.61 Å². The molecule has 1 heterocycles. The first kappa shape index (κ1) is 25.5. The topological polar surface area (TPSA) is 91.6 Å². The number of aromatic nitrogens is 1. The number of aliphatic hydroxyl groups is 1. The normalized spacial score (nSPS) is 17.6. The van der Waals surface area contributed by atoms with Gasteiger partial charge in [0.25, 0.3) is 11.5 Å². The second-order valence-electron chi connectivity index (χ2n) is 10.4. The van der Waals surface area contributed by atoms with Crippen molar-refractivity contribution in [2.24, 2.45) is 5.92 Å². The zero-order chi connectivity index (χ0) is 24.0. The summed E-state index contributed by atoms with van der Waals surface area (Å²) in [6.45, 7) is 3.99. The summed E-state index contributed by atoms with van der Waals surface area (Å²) < 4.78 is 1.90. The Morgan fingerprint density at radius 2 is 1.73 bits per heavy atom. The molecule has 2 N–H and O–H groups in total. The number of likely N-dealkylation sites (N-methyl/N-ethyl adjacent to an activating group) is 1. The van der Waals surface area contributed by atoms with Crippen LogP contribution in [0.15, 0.2) is 10.9 Å². The minimum atomic E-state index is -1.19. The highest BCUT2D eigenvalue weighted by Crippen LogP contribution is 2.27. The third-order valence-electron chi connectivity index (χ3n) is 7.25. The molecule has 1 fully saturated rings. The predicted octanol–water partition coefficient (Wildman–Crippen LogP) is 3.05. The number of nitrogens with one attached hydrogen (secondary N) is 1. The molecule has 0 bridgehead atoms. The molecule has 2 amide bonds. The maximum atomic E-state index is 13.6.